The predicted molar refractivity (Wildman–Crippen MR) is 91.8 cm³/mol. The molecule has 4 aromatic heterocycles. The number of fused-ring (bicyclic) bond motifs is 3. The van der Waals surface area contributed by atoms with Crippen LogP contribution in [0.2, 0.25) is 0 Å². The molecule has 24 heavy (non-hydrogen) atoms. The van der Waals surface area contributed by atoms with Crippen molar-refractivity contribution < 1.29 is 4.79 Å². The molecule has 0 aliphatic rings. The number of ketones is 1. The number of hydrogen-bond donors (Lipinski definition) is 1. The number of aromatic nitrogens is 5. The molecule has 0 atom stereocenters. The number of hydrogen-bond acceptors (Lipinski definition) is 5. The highest BCUT2D eigenvalue weighted by Crippen LogP contribution is 2.27. The lowest BCUT2D eigenvalue weighted by atomic mass is 10.0. The molecule has 0 aliphatic carbocycles. The first-order chi connectivity index (χ1) is 11.7. The molecule has 0 radical (unpaired) electrons. The van der Waals surface area contributed by atoms with E-state index in [1.165, 1.54) is 0 Å². The van der Waals surface area contributed by atoms with Crippen molar-refractivity contribution in [1.82, 2.24) is 24.9 Å². The summed E-state index contributed by atoms with van der Waals surface area (Å²) < 4.78 is 0. The summed E-state index contributed by atoms with van der Waals surface area (Å²) in [5, 5.41) is 1.92. The van der Waals surface area contributed by atoms with Crippen LogP contribution >= 0.6 is 0 Å². The number of aromatic amines is 1. The smallest absolute Gasteiger partial charge is 0.180 e. The Morgan fingerprint density at radius 2 is 1.96 bits per heavy atom. The van der Waals surface area contributed by atoms with E-state index in [4.69, 9.17) is 0 Å². The Balaban J connectivity index is 1.84. The molecule has 1 N–H and O–H groups in total. The number of pyridine rings is 3. The third-order valence-electron chi connectivity index (χ3n) is 4.14. The molecule has 4 heterocycles. The number of rotatable bonds is 3. The number of nitrogens with zero attached hydrogens (tertiary/aromatic N) is 4. The minimum absolute atomic E-state index is 0.0428. The fraction of sp³-hybridized carbons (Fsp3) is 0.167. The van der Waals surface area contributed by atoms with E-state index in [1.807, 2.05) is 26.0 Å². The Morgan fingerprint density at radius 3 is 2.75 bits per heavy atom. The predicted octanol–water partition coefficient (Wildman–Crippen LogP) is 3.47. The molecule has 0 aliphatic heterocycles. The molecule has 118 valence electrons. The van der Waals surface area contributed by atoms with Gasteiger partial charge in [0.2, 0.25) is 0 Å². The molecule has 0 amide bonds. The molecule has 6 nitrogen and oxygen atoms in total. The van der Waals surface area contributed by atoms with Gasteiger partial charge in [-0.3, -0.25) is 14.8 Å². The number of H-pyrrole nitrogens is 1. The van der Waals surface area contributed by atoms with E-state index in [1.54, 1.807) is 24.9 Å². The van der Waals surface area contributed by atoms with Gasteiger partial charge >= 0.3 is 0 Å². The lowest BCUT2D eigenvalue weighted by Crippen LogP contribution is -2.01. The zero-order valence-electron chi connectivity index (χ0n) is 13.4. The van der Waals surface area contributed by atoms with Gasteiger partial charge in [-0.2, -0.15) is 0 Å². The molecule has 6 heteroatoms. The molecule has 0 aromatic carbocycles. The molecule has 0 unspecified atom stereocenters. The van der Waals surface area contributed by atoms with Crippen molar-refractivity contribution >= 4 is 27.7 Å². The van der Waals surface area contributed by atoms with Gasteiger partial charge in [0.15, 0.2) is 11.4 Å². The van der Waals surface area contributed by atoms with Gasteiger partial charge in [0, 0.05) is 41.3 Å². The minimum Gasteiger partial charge on any atom is -0.329 e. The summed E-state index contributed by atoms with van der Waals surface area (Å²) in [7, 11) is 0. The van der Waals surface area contributed by atoms with Crippen LogP contribution in [0.15, 0.2) is 37.1 Å². The normalized spacial score (nSPS) is 11.2. The van der Waals surface area contributed by atoms with Crippen molar-refractivity contribution in [3.63, 3.8) is 0 Å². The van der Waals surface area contributed by atoms with Crippen LogP contribution in [-0.4, -0.2) is 30.7 Å². The largest absolute Gasteiger partial charge is 0.329 e. The van der Waals surface area contributed by atoms with Gasteiger partial charge in [0.25, 0.3) is 0 Å². The van der Waals surface area contributed by atoms with E-state index >= 15 is 0 Å². The van der Waals surface area contributed by atoms with Crippen LogP contribution in [0.1, 0.15) is 29.4 Å². The van der Waals surface area contributed by atoms with Crippen LogP contribution in [0.4, 0.5) is 0 Å². The van der Waals surface area contributed by atoms with E-state index < -0.39 is 0 Å². The van der Waals surface area contributed by atoms with E-state index in [-0.39, 0.29) is 5.78 Å². The highest BCUT2D eigenvalue weighted by Gasteiger charge is 2.11. The van der Waals surface area contributed by atoms with Gasteiger partial charge < -0.3 is 4.98 Å². The molecule has 0 spiro atoms. The second kappa shape index (κ2) is 5.49. The summed E-state index contributed by atoms with van der Waals surface area (Å²) in [4.78, 5) is 32.3. The van der Waals surface area contributed by atoms with Crippen LogP contribution in [-0.2, 0) is 0 Å². The molecule has 0 fully saturated rings. The second-order valence-corrected chi connectivity index (χ2v) is 5.68. The second-order valence-electron chi connectivity index (χ2n) is 5.68. The Kier molecular flexibility index (Phi) is 3.30. The van der Waals surface area contributed by atoms with Crippen LogP contribution in [0.3, 0.4) is 0 Å². The summed E-state index contributed by atoms with van der Waals surface area (Å²) in [6.07, 6.45) is 7.40. The first-order valence-electron chi connectivity index (χ1n) is 7.75. The maximum absolute atomic E-state index is 11.8. The molecule has 4 aromatic rings. The van der Waals surface area contributed by atoms with Crippen molar-refractivity contribution in [3.05, 3.63) is 48.3 Å². The topological polar surface area (TPSA) is 84.4 Å². The Morgan fingerprint density at radius 1 is 1.08 bits per heavy atom. The third-order valence-corrected chi connectivity index (χ3v) is 4.14. The Labute approximate surface area is 138 Å². The number of carbonyl (C=O) groups excluding carboxylic acids is 1. The van der Waals surface area contributed by atoms with Crippen LogP contribution in [0.25, 0.3) is 33.2 Å². The molecule has 0 saturated heterocycles. The summed E-state index contributed by atoms with van der Waals surface area (Å²) >= 11 is 0. The lowest BCUT2D eigenvalue weighted by molar-refractivity contribution is 0.0983. The van der Waals surface area contributed by atoms with Gasteiger partial charge in [0.05, 0.1) is 12.0 Å². The summed E-state index contributed by atoms with van der Waals surface area (Å²) in [6, 6.07) is 3.80. The van der Waals surface area contributed by atoms with Crippen LogP contribution in [0.5, 0.6) is 0 Å². The van der Waals surface area contributed by atoms with Crippen molar-refractivity contribution in [2.45, 2.75) is 20.3 Å². The third kappa shape index (κ3) is 2.23. The average molecular weight is 317 g/mol. The molecule has 0 bridgehead atoms. The summed E-state index contributed by atoms with van der Waals surface area (Å²) in [5.41, 5.74) is 4.75. The maximum Gasteiger partial charge on any atom is 0.180 e. The molecular weight excluding hydrogens is 302 g/mol. The van der Waals surface area contributed by atoms with Gasteiger partial charge in [-0.25, -0.2) is 9.97 Å². The van der Waals surface area contributed by atoms with E-state index in [9.17, 15) is 4.79 Å². The Hall–Kier alpha value is -3.15. The van der Waals surface area contributed by atoms with Crippen molar-refractivity contribution in [3.8, 4) is 11.3 Å². The SMILES string of the molecule is CCC(=O)c1cc(C)c(-c2cc3cnc4[nH]cnc4c3cn2)cn1. The summed E-state index contributed by atoms with van der Waals surface area (Å²) in [5.74, 6) is 0.0428. The van der Waals surface area contributed by atoms with Crippen molar-refractivity contribution in [1.29, 1.82) is 0 Å². The van der Waals surface area contributed by atoms with Crippen molar-refractivity contribution in [2.75, 3.05) is 0 Å². The number of Topliss-reactive ketones (excluding diaryl/α,β-unsaturated/α-hetero) is 1. The average Bonchev–Trinajstić information content (AvgIpc) is 3.09. The van der Waals surface area contributed by atoms with Gasteiger partial charge in [-0.1, -0.05) is 6.92 Å². The van der Waals surface area contributed by atoms with Gasteiger partial charge in [-0.05, 0) is 24.6 Å². The molecule has 4 rings (SSSR count). The lowest BCUT2D eigenvalue weighted by Gasteiger charge is -2.08. The highest BCUT2D eigenvalue weighted by molar-refractivity contribution is 6.02. The zero-order valence-corrected chi connectivity index (χ0v) is 13.4. The Bertz CT molecular complexity index is 1080. The number of aryl methyl sites for hydroxylation is 1. The van der Waals surface area contributed by atoms with E-state index in [0.29, 0.717) is 12.1 Å². The van der Waals surface area contributed by atoms with Crippen LogP contribution < -0.4 is 0 Å². The van der Waals surface area contributed by atoms with Gasteiger partial charge in [0.1, 0.15) is 11.2 Å². The minimum atomic E-state index is 0.0428. The first kappa shape index (κ1) is 14.4. The fourth-order valence-electron chi connectivity index (χ4n) is 2.80. The zero-order chi connectivity index (χ0) is 16.7. The number of imidazole rings is 1. The van der Waals surface area contributed by atoms with Crippen molar-refractivity contribution in [2.24, 2.45) is 0 Å². The number of nitrogens with one attached hydrogen (secondary N) is 1. The first-order valence-corrected chi connectivity index (χ1v) is 7.75. The highest BCUT2D eigenvalue weighted by atomic mass is 16.1. The maximum atomic E-state index is 11.8. The van der Waals surface area contributed by atoms with E-state index in [0.717, 1.165) is 38.8 Å². The van der Waals surface area contributed by atoms with Gasteiger partial charge in [-0.15, -0.1) is 0 Å². The number of carbonyl (C=O) groups is 1. The van der Waals surface area contributed by atoms with E-state index in [2.05, 4.69) is 24.9 Å². The monoisotopic (exact) mass is 317 g/mol. The van der Waals surface area contributed by atoms with Crippen LogP contribution in [0, 0.1) is 6.92 Å². The quantitative estimate of drug-likeness (QED) is 0.585. The standard InChI is InChI=1S/C18H15N5O/c1-3-16(24)15-4-10(2)12(7-20-15)14-5-11-6-21-18-17(22-9-23-18)13(11)8-19-14/h4-9H,3H2,1-2H3,(H,21,22,23). The fourth-order valence-corrected chi connectivity index (χ4v) is 2.80. The molecular formula is C18H15N5O. The molecule has 0 saturated carbocycles. The summed E-state index contributed by atoms with van der Waals surface area (Å²) in [6.45, 7) is 3.80.